The number of amides is 1. The number of carbonyl (C=O) groups is 1. The smallest absolute Gasteiger partial charge is 0.223 e. The van der Waals surface area contributed by atoms with E-state index in [1.54, 1.807) is 0 Å². The number of hydrogen-bond donors (Lipinski definition) is 2. The van der Waals surface area contributed by atoms with E-state index in [1.165, 1.54) is 12.8 Å². The number of nitrogens with one attached hydrogen (secondary N) is 2. The molecular weight excluding hydrogens is 260 g/mol. The highest BCUT2D eigenvalue weighted by Crippen LogP contribution is 2.27. The maximum absolute atomic E-state index is 12.2. The Morgan fingerprint density at radius 3 is 2.21 bits per heavy atom. The minimum Gasteiger partial charge on any atom is -0.353 e. The molecule has 0 aromatic rings. The van der Waals surface area contributed by atoms with Crippen molar-refractivity contribution >= 4 is 18.3 Å². The molecule has 3 nitrogen and oxygen atoms in total. The van der Waals surface area contributed by atoms with Crippen LogP contribution in [0, 0.1) is 5.92 Å². The molecule has 0 spiro atoms. The van der Waals surface area contributed by atoms with E-state index < -0.39 is 0 Å². The molecule has 2 bridgehead atoms. The molecule has 1 amide bonds. The van der Waals surface area contributed by atoms with E-state index in [4.69, 9.17) is 0 Å². The first-order valence-corrected chi connectivity index (χ1v) is 7.01. The molecule has 0 aromatic heterocycles. The standard InChI is InChI=1S/C15H24N2O.ClH/c1-3-5-11(6-4-2)15(18)17-14-9-12-7-8-13(10-14)16-12;/h3-4,11-14,16H,1-2,5-10H2,(H,17,18);1H. The second-order valence-corrected chi connectivity index (χ2v) is 5.56. The fourth-order valence-corrected chi connectivity index (χ4v) is 3.21. The average Bonchev–Trinajstić information content (AvgIpc) is 2.68. The first-order valence-electron chi connectivity index (χ1n) is 7.01. The van der Waals surface area contributed by atoms with E-state index in [-0.39, 0.29) is 24.2 Å². The lowest BCUT2D eigenvalue weighted by molar-refractivity contribution is -0.125. The molecule has 0 saturated carbocycles. The summed E-state index contributed by atoms with van der Waals surface area (Å²) in [4.78, 5) is 12.2. The summed E-state index contributed by atoms with van der Waals surface area (Å²) in [6, 6.07) is 1.59. The Bertz CT molecular complexity index is 310. The molecule has 2 atom stereocenters. The first-order chi connectivity index (χ1) is 8.72. The molecule has 19 heavy (non-hydrogen) atoms. The summed E-state index contributed by atoms with van der Waals surface area (Å²) < 4.78 is 0. The number of rotatable bonds is 6. The third-order valence-electron chi connectivity index (χ3n) is 4.09. The minimum atomic E-state index is 0. The van der Waals surface area contributed by atoms with Crippen molar-refractivity contribution < 1.29 is 4.79 Å². The van der Waals surface area contributed by atoms with Gasteiger partial charge in [-0.3, -0.25) is 4.79 Å². The molecule has 2 unspecified atom stereocenters. The van der Waals surface area contributed by atoms with Gasteiger partial charge in [-0.15, -0.1) is 25.6 Å². The number of piperidine rings is 1. The summed E-state index contributed by atoms with van der Waals surface area (Å²) in [6.07, 6.45) is 9.79. The topological polar surface area (TPSA) is 41.1 Å². The number of allylic oxidation sites excluding steroid dienone is 2. The maximum atomic E-state index is 12.2. The molecule has 2 aliphatic heterocycles. The number of hydrogen-bond acceptors (Lipinski definition) is 2. The lowest BCUT2D eigenvalue weighted by Gasteiger charge is -2.30. The van der Waals surface area contributed by atoms with Crippen LogP contribution in [0.4, 0.5) is 0 Å². The molecule has 2 heterocycles. The zero-order valence-corrected chi connectivity index (χ0v) is 12.3. The lowest BCUT2D eigenvalue weighted by atomic mass is 9.96. The number of halogens is 1. The zero-order chi connectivity index (χ0) is 13.0. The second-order valence-electron chi connectivity index (χ2n) is 5.56. The van der Waals surface area contributed by atoms with Gasteiger partial charge in [-0.25, -0.2) is 0 Å². The molecular formula is C15H25ClN2O. The van der Waals surface area contributed by atoms with E-state index in [0.29, 0.717) is 18.1 Å². The van der Waals surface area contributed by atoms with Gasteiger partial charge in [0, 0.05) is 24.0 Å². The maximum Gasteiger partial charge on any atom is 0.223 e. The van der Waals surface area contributed by atoms with Crippen LogP contribution in [0.25, 0.3) is 0 Å². The predicted molar refractivity (Wildman–Crippen MR) is 81.5 cm³/mol. The van der Waals surface area contributed by atoms with Crippen LogP contribution in [0.2, 0.25) is 0 Å². The summed E-state index contributed by atoms with van der Waals surface area (Å²) in [5.41, 5.74) is 0. The third kappa shape index (κ3) is 4.36. The molecule has 2 rings (SSSR count). The summed E-state index contributed by atoms with van der Waals surface area (Å²) >= 11 is 0. The van der Waals surface area contributed by atoms with E-state index in [1.807, 2.05) is 12.2 Å². The zero-order valence-electron chi connectivity index (χ0n) is 11.4. The van der Waals surface area contributed by atoms with Crippen LogP contribution in [0.3, 0.4) is 0 Å². The van der Waals surface area contributed by atoms with Crippen LogP contribution in [0.1, 0.15) is 38.5 Å². The predicted octanol–water partition coefficient (Wildman–Crippen LogP) is 2.58. The van der Waals surface area contributed by atoms with Crippen LogP contribution in [-0.2, 0) is 4.79 Å². The van der Waals surface area contributed by atoms with E-state index in [9.17, 15) is 4.79 Å². The van der Waals surface area contributed by atoms with E-state index in [2.05, 4.69) is 23.8 Å². The van der Waals surface area contributed by atoms with Gasteiger partial charge in [-0.05, 0) is 38.5 Å². The van der Waals surface area contributed by atoms with Crippen molar-refractivity contribution in [3.8, 4) is 0 Å². The van der Waals surface area contributed by atoms with Crippen molar-refractivity contribution in [3.05, 3.63) is 25.3 Å². The molecule has 108 valence electrons. The molecule has 2 fully saturated rings. The first kappa shape index (κ1) is 16.3. The molecule has 2 aliphatic rings. The van der Waals surface area contributed by atoms with Gasteiger partial charge < -0.3 is 10.6 Å². The van der Waals surface area contributed by atoms with Gasteiger partial charge >= 0.3 is 0 Å². The summed E-state index contributed by atoms with van der Waals surface area (Å²) in [5, 5.41) is 6.80. The fourth-order valence-electron chi connectivity index (χ4n) is 3.21. The highest BCUT2D eigenvalue weighted by Gasteiger charge is 2.34. The Labute approximate surface area is 122 Å². The third-order valence-corrected chi connectivity index (χ3v) is 4.09. The van der Waals surface area contributed by atoms with Gasteiger partial charge in [-0.2, -0.15) is 0 Å². The van der Waals surface area contributed by atoms with Crippen LogP contribution < -0.4 is 10.6 Å². The number of fused-ring (bicyclic) bond motifs is 2. The van der Waals surface area contributed by atoms with Crippen molar-refractivity contribution in [2.75, 3.05) is 0 Å². The lowest BCUT2D eigenvalue weighted by Crippen LogP contribution is -2.49. The average molecular weight is 285 g/mol. The highest BCUT2D eigenvalue weighted by molar-refractivity contribution is 5.85. The van der Waals surface area contributed by atoms with Crippen molar-refractivity contribution in [3.63, 3.8) is 0 Å². The van der Waals surface area contributed by atoms with Crippen molar-refractivity contribution in [2.45, 2.75) is 56.7 Å². The van der Waals surface area contributed by atoms with Gasteiger partial charge in [-0.1, -0.05) is 12.2 Å². The van der Waals surface area contributed by atoms with Crippen molar-refractivity contribution in [1.82, 2.24) is 10.6 Å². The molecule has 0 aromatic carbocycles. The van der Waals surface area contributed by atoms with Gasteiger partial charge in [0.2, 0.25) is 5.91 Å². The van der Waals surface area contributed by atoms with Crippen molar-refractivity contribution in [2.24, 2.45) is 5.92 Å². The van der Waals surface area contributed by atoms with Gasteiger partial charge in [0.1, 0.15) is 0 Å². The second kappa shape index (κ2) is 7.71. The van der Waals surface area contributed by atoms with Crippen molar-refractivity contribution in [1.29, 1.82) is 0 Å². The van der Waals surface area contributed by atoms with Crippen LogP contribution in [-0.4, -0.2) is 24.0 Å². The summed E-state index contributed by atoms with van der Waals surface area (Å²) in [5.74, 6) is 0.175. The Morgan fingerprint density at radius 1 is 1.21 bits per heavy atom. The Kier molecular flexibility index (Phi) is 6.59. The Hall–Kier alpha value is -0.800. The molecule has 0 aliphatic carbocycles. The van der Waals surface area contributed by atoms with E-state index in [0.717, 1.165) is 25.7 Å². The molecule has 0 radical (unpaired) electrons. The SMILES string of the molecule is C=CCC(CC=C)C(=O)NC1CC2CCC(C1)N2.Cl. The largest absolute Gasteiger partial charge is 0.353 e. The van der Waals surface area contributed by atoms with Gasteiger partial charge in [0.25, 0.3) is 0 Å². The fraction of sp³-hybridized carbons (Fsp3) is 0.667. The van der Waals surface area contributed by atoms with Crippen LogP contribution >= 0.6 is 12.4 Å². The Balaban J connectivity index is 0.00000180. The number of carbonyl (C=O) groups excluding carboxylic acids is 1. The summed E-state index contributed by atoms with van der Waals surface area (Å²) in [7, 11) is 0. The molecule has 2 saturated heterocycles. The van der Waals surface area contributed by atoms with Crippen LogP contribution in [0.15, 0.2) is 25.3 Å². The molecule has 2 N–H and O–H groups in total. The van der Waals surface area contributed by atoms with Gasteiger partial charge in [0.15, 0.2) is 0 Å². The monoisotopic (exact) mass is 284 g/mol. The molecule has 4 heteroatoms. The normalized spacial score (nSPS) is 28.6. The van der Waals surface area contributed by atoms with Gasteiger partial charge in [0.05, 0.1) is 0 Å². The summed E-state index contributed by atoms with van der Waals surface area (Å²) in [6.45, 7) is 7.44. The quantitative estimate of drug-likeness (QED) is 0.736. The van der Waals surface area contributed by atoms with Crippen LogP contribution in [0.5, 0.6) is 0 Å². The highest BCUT2D eigenvalue weighted by atomic mass is 35.5. The van der Waals surface area contributed by atoms with E-state index >= 15 is 0 Å². The Morgan fingerprint density at radius 2 is 1.74 bits per heavy atom. The minimum absolute atomic E-state index is 0.